The fourth-order valence-corrected chi connectivity index (χ4v) is 3.30. The second-order valence-electron chi connectivity index (χ2n) is 4.46. The van der Waals surface area contributed by atoms with Gasteiger partial charge < -0.3 is 5.73 Å². The van der Waals surface area contributed by atoms with Gasteiger partial charge in [-0.05, 0) is 30.4 Å². The van der Waals surface area contributed by atoms with Gasteiger partial charge in [0.15, 0.2) is 0 Å². The standard InChI is InChI=1S/C12H18N2O2S/c13-8-11-6-1-2-7-12(11)17(15,16)14-9-10-4-3-5-10/h1-2,6-7,10,14H,3-5,8-9,13H2. The molecule has 0 bridgehead atoms. The summed E-state index contributed by atoms with van der Waals surface area (Å²) in [6.07, 6.45) is 3.47. The molecule has 1 aromatic carbocycles. The third-order valence-electron chi connectivity index (χ3n) is 3.27. The summed E-state index contributed by atoms with van der Waals surface area (Å²) >= 11 is 0. The van der Waals surface area contributed by atoms with Gasteiger partial charge in [-0.1, -0.05) is 24.6 Å². The highest BCUT2D eigenvalue weighted by atomic mass is 32.2. The third-order valence-corrected chi connectivity index (χ3v) is 4.79. The summed E-state index contributed by atoms with van der Waals surface area (Å²) in [4.78, 5) is 0.307. The maximum absolute atomic E-state index is 12.1. The molecule has 0 atom stereocenters. The van der Waals surface area contributed by atoms with Crippen LogP contribution in [0.1, 0.15) is 24.8 Å². The second-order valence-corrected chi connectivity index (χ2v) is 6.20. The Morgan fingerprint density at radius 3 is 2.59 bits per heavy atom. The molecule has 1 fully saturated rings. The zero-order valence-electron chi connectivity index (χ0n) is 9.72. The first-order valence-corrected chi connectivity index (χ1v) is 7.39. The summed E-state index contributed by atoms with van der Waals surface area (Å²) in [6.45, 7) is 0.780. The second kappa shape index (κ2) is 5.16. The predicted octanol–water partition coefficient (Wildman–Crippen LogP) is 1.22. The lowest BCUT2D eigenvalue weighted by atomic mass is 9.86. The summed E-state index contributed by atoms with van der Waals surface area (Å²) in [5.74, 6) is 0.509. The van der Waals surface area contributed by atoms with Crippen LogP contribution >= 0.6 is 0 Å². The Kier molecular flexibility index (Phi) is 3.81. The minimum absolute atomic E-state index is 0.237. The number of nitrogens with two attached hydrogens (primary N) is 1. The lowest BCUT2D eigenvalue weighted by Crippen LogP contribution is -2.32. The maximum Gasteiger partial charge on any atom is 0.240 e. The minimum atomic E-state index is -3.40. The van der Waals surface area contributed by atoms with E-state index in [1.165, 1.54) is 6.42 Å². The molecule has 0 aromatic heterocycles. The lowest BCUT2D eigenvalue weighted by Gasteiger charge is -2.25. The van der Waals surface area contributed by atoms with E-state index in [4.69, 9.17) is 5.73 Å². The Morgan fingerprint density at radius 2 is 2.00 bits per heavy atom. The predicted molar refractivity (Wildman–Crippen MR) is 66.9 cm³/mol. The van der Waals surface area contributed by atoms with E-state index in [9.17, 15) is 8.42 Å². The fourth-order valence-electron chi connectivity index (χ4n) is 1.94. The van der Waals surface area contributed by atoms with Gasteiger partial charge in [0.1, 0.15) is 0 Å². The Labute approximate surface area is 102 Å². The molecule has 4 nitrogen and oxygen atoms in total. The molecule has 5 heteroatoms. The van der Waals surface area contributed by atoms with Gasteiger partial charge in [-0.2, -0.15) is 0 Å². The van der Waals surface area contributed by atoms with Gasteiger partial charge >= 0.3 is 0 Å². The fraction of sp³-hybridized carbons (Fsp3) is 0.500. The van der Waals surface area contributed by atoms with Crippen molar-refractivity contribution < 1.29 is 8.42 Å². The molecule has 0 aliphatic heterocycles. The van der Waals surface area contributed by atoms with Crippen molar-refractivity contribution >= 4 is 10.0 Å². The summed E-state index contributed by atoms with van der Waals surface area (Å²) in [5, 5.41) is 0. The van der Waals surface area contributed by atoms with Crippen molar-refractivity contribution in [2.75, 3.05) is 6.54 Å². The summed E-state index contributed by atoms with van der Waals surface area (Å²) in [6, 6.07) is 6.87. The molecular formula is C12H18N2O2S. The number of hydrogen-bond donors (Lipinski definition) is 2. The first-order chi connectivity index (χ1) is 8.13. The van der Waals surface area contributed by atoms with Crippen molar-refractivity contribution in [1.82, 2.24) is 4.72 Å². The van der Waals surface area contributed by atoms with Crippen LogP contribution in [0.2, 0.25) is 0 Å². The summed E-state index contributed by atoms with van der Waals surface area (Å²) in [5.41, 5.74) is 6.21. The molecule has 1 aliphatic rings. The average Bonchev–Trinajstić information content (AvgIpc) is 2.26. The van der Waals surface area contributed by atoms with Crippen molar-refractivity contribution in [2.45, 2.75) is 30.7 Å². The van der Waals surface area contributed by atoms with Crippen molar-refractivity contribution in [3.05, 3.63) is 29.8 Å². The van der Waals surface area contributed by atoms with E-state index in [0.717, 1.165) is 12.8 Å². The molecule has 0 spiro atoms. The van der Waals surface area contributed by atoms with Crippen LogP contribution in [-0.4, -0.2) is 15.0 Å². The summed E-state index contributed by atoms with van der Waals surface area (Å²) in [7, 11) is -3.40. The highest BCUT2D eigenvalue weighted by molar-refractivity contribution is 7.89. The van der Waals surface area contributed by atoms with Gasteiger partial charge in [0, 0.05) is 13.1 Å². The zero-order valence-corrected chi connectivity index (χ0v) is 10.5. The quantitative estimate of drug-likeness (QED) is 0.830. The van der Waals surface area contributed by atoms with Gasteiger partial charge in [0.05, 0.1) is 4.90 Å². The zero-order chi connectivity index (χ0) is 12.3. The van der Waals surface area contributed by atoms with E-state index in [1.54, 1.807) is 24.3 Å². The molecule has 1 aliphatic carbocycles. The van der Waals surface area contributed by atoms with E-state index < -0.39 is 10.0 Å². The lowest BCUT2D eigenvalue weighted by molar-refractivity contribution is 0.316. The van der Waals surface area contributed by atoms with E-state index in [0.29, 0.717) is 22.9 Å². The number of benzene rings is 1. The molecule has 94 valence electrons. The summed E-state index contributed by atoms with van der Waals surface area (Å²) < 4.78 is 26.8. The minimum Gasteiger partial charge on any atom is -0.326 e. The van der Waals surface area contributed by atoms with Gasteiger partial charge in [-0.25, -0.2) is 13.1 Å². The van der Waals surface area contributed by atoms with Crippen molar-refractivity contribution in [3.8, 4) is 0 Å². The van der Waals surface area contributed by atoms with Crippen LogP contribution in [0.15, 0.2) is 29.2 Å². The van der Waals surface area contributed by atoms with Crippen LogP contribution in [0.25, 0.3) is 0 Å². The Bertz CT molecular complexity index is 481. The van der Waals surface area contributed by atoms with Gasteiger partial charge in [0.2, 0.25) is 10.0 Å². The Morgan fingerprint density at radius 1 is 1.29 bits per heavy atom. The highest BCUT2D eigenvalue weighted by Crippen LogP contribution is 2.26. The van der Waals surface area contributed by atoms with Gasteiger partial charge in [0.25, 0.3) is 0 Å². The molecule has 0 radical (unpaired) electrons. The monoisotopic (exact) mass is 254 g/mol. The number of hydrogen-bond acceptors (Lipinski definition) is 3. The molecule has 0 amide bonds. The van der Waals surface area contributed by atoms with Crippen molar-refractivity contribution in [3.63, 3.8) is 0 Å². The van der Waals surface area contributed by atoms with E-state index >= 15 is 0 Å². The first kappa shape index (κ1) is 12.5. The number of nitrogens with one attached hydrogen (secondary N) is 1. The van der Waals surface area contributed by atoms with Crippen LogP contribution < -0.4 is 10.5 Å². The third kappa shape index (κ3) is 2.86. The topological polar surface area (TPSA) is 72.2 Å². The molecule has 1 aromatic rings. The number of sulfonamides is 1. The van der Waals surface area contributed by atoms with Crippen LogP contribution in [0.5, 0.6) is 0 Å². The largest absolute Gasteiger partial charge is 0.326 e. The van der Waals surface area contributed by atoms with E-state index in [1.807, 2.05) is 0 Å². The molecule has 3 N–H and O–H groups in total. The van der Waals surface area contributed by atoms with Crippen LogP contribution in [0, 0.1) is 5.92 Å². The van der Waals surface area contributed by atoms with Crippen molar-refractivity contribution in [2.24, 2.45) is 11.7 Å². The Balaban J connectivity index is 2.12. The smallest absolute Gasteiger partial charge is 0.240 e. The van der Waals surface area contributed by atoms with Crippen molar-refractivity contribution in [1.29, 1.82) is 0 Å². The molecule has 2 rings (SSSR count). The maximum atomic E-state index is 12.1. The van der Waals surface area contributed by atoms with E-state index in [2.05, 4.69) is 4.72 Å². The first-order valence-electron chi connectivity index (χ1n) is 5.91. The number of rotatable bonds is 5. The average molecular weight is 254 g/mol. The molecule has 0 saturated heterocycles. The highest BCUT2D eigenvalue weighted by Gasteiger charge is 2.22. The van der Waals surface area contributed by atoms with Crippen LogP contribution in [0.4, 0.5) is 0 Å². The Hall–Kier alpha value is -0.910. The van der Waals surface area contributed by atoms with Gasteiger partial charge in [-0.3, -0.25) is 0 Å². The van der Waals surface area contributed by atoms with Gasteiger partial charge in [-0.15, -0.1) is 0 Å². The van der Waals surface area contributed by atoms with Crippen LogP contribution in [0.3, 0.4) is 0 Å². The van der Waals surface area contributed by atoms with E-state index in [-0.39, 0.29) is 6.54 Å². The molecule has 0 unspecified atom stereocenters. The molecule has 17 heavy (non-hydrogen) atoms. The SMILES string of the molecule is NCc1ccccc1S(=O)(=O)NCC1CCC1. The molecular weight excluding hydrogens is 236 g/mol. The molecule has 1 saturated carbocycles. The normalized spacial score (nSPS) is 16.8. The van der Waals surface area contributed by atoms with Crippen LogP contribution in [-0.2, 0) is 16.6 Å². The molecule has 0 heterocycles.